The largest absolute Gasteiger partial charge is 0.302 e. The average Bonchev–Trinajstić information content (AvgIpc) is 2.11. The van der Waals surface area contributed by atoms with Gasteiger partial charge in [0.1, 0.15) is 0 Å². The first-order chi connectivity index (χ1) is 5.74. The highest BCUT2D eigenvalue weighted by molar-refractivity contribution is 4.81. The number of rotatable bonds is 6. The molecule has 0 saturated heterocycles. The summed E-state index contributed by atoms with van der Waals surface area (Å²) in [5.74, 6) is 0.0459. The van der Waals surface area contributed by atoms with Crippen molar-refractivity contribution in [2.45, 2.75) is 20.3 Å². The number of alkyl halides is 1. The summed E-state index contributed by atoms with van der Waals surface area (Å²) in [5.41, 5.74) is 0. The van der Waals surface area contributed by atoms with Gasteiger partial charge in [-0.1, -0.05) is 6.92 Å². The van der Waals surface area contributed by atoms with Gasteiger partial charge < -0.3 is 4.90 Å². The molecule has 1 unspecified atom stereocenters. The molecule has 70 valence electrons. The van der Waals surface area contributed by atoms with Gasteiger partial charge in [0, 0.05) is 13.1 Å². The van der Waals surface area contributed by atoms with Crippen molar-refractivity contribution < 1.29 is 4.39 Å². The molecule has 0 saturated carbocycles. The Kier molecular flexibility index (Phi) is 6.69. The van der Waals surface area contributed by atoms with Crippen LogP contribution in [-0.2, 0) is 0 Å². The normalized spacial score (nSPS) is 12.9. The van der Waals surface area contributed by atoms with E-state index in [0.717, 1.165) is 19.6 Å². The number of hydrogen-bond acceptors (Lipinski definition) is 2. The van der Waals surface area contributed by atoms with Gasteiger partial charge in [0.25, 0.3) is 0 Å². The molecule has 0 aromatic carbocycles. The minimum absolute atomic E-state index is 0.0459. The lowest BCUT2D eigenvalue weighted by molar-refractivity contribution is 0.254. The molecule has 0 fully saturated rings. The topological polar surface area (TPSA) is 27.0 Å². The van der Waals surface area contributed by atoms with Crippen molar-refractivity contribution in [2.24, 2.45) is 5.92 Å². The molecule has 0 aliphatic carbocycles. The lowest BCUT2D eigenvalue weighted by atomic mass is 10.2. The summed E-state index contributed by atoms with van der Waals surface area (Å²) >= 11 is 0. The van der Waals surface area contributed by atoms with Crippen molar-refractivity contribution in [3.8, 4) is 6.07 Å². The molecule has 0 rings (SSSR count). The van der Waals surface area contributed by atoms with E-state index < -0.39 is 0 Å². The molecule has 0 heterocycles. The van der Waals surface area contributed by atoms with Crippen LogP contribution < -0.4 is 0 Å². The van der Waals surface area contributed by atoms with Crippen LogP contribution in [0.1, 0.15) is 20.3 Å². The number of nitrogens with zero attached hydrogens (tertiary/aromatic N) is 2. The quantitative estimate of drug-likeness (QED) is 0.611. The van der Waals surface area contributed by atoms with Gasteiger partial charge in [-0.15, -0.1) is 0 Å². The fourth-order valence-electron chi connectivity index (χ4n) is 1.09. The molecule has 0 radical (unpaired) electrons. The van der Waals surface area contributed by atoms with Crippen LogP contribution in [-0.4, -0.2) is 31.2 Å². The SMILES string of the molecule is CCN(CCCF)CC(C)C#N. The van der Waals surface area contributed by atoms with Crippen LogP contribution in [0.25, 0.3) is 0 Å². The highest BCUT2D eigenvalue weighted by atomic mass is 19.1. The zero-order valence-corrected chi connectivity index (χ0v) is 7.89. The second kappa shape index (κ2) is 7.05. The Hall–Kier alpha value is -0.620. The van der Waals surface area contributed by atoms with Crippen molar-refractivity contribution in [2.75, 3.05) is 26.3 Å². The molecule has 0 aliphatic heterocycles. The summed E-state index contributed by atoms with van der Waals surface area (Å²) in [7, 11) is 0. The van der Waals surface area contributed by atoms with Crippen LogP contribution in [0.2, 0.25) is 0 Å². The Morgan fingerprint density at radius 3 is 2.67 bits per heavy atom. The second-order valence-electron chi connectivity index (χ2n) is 2.97. The predicted molar refractivity (Wildman–Crippen MR) is 47.5 cm³/mol. The summed E-state index contributed by atoms with van der Waals surface area (Å²) in [4.78, 5) is 2.10. The first kappa shape index (κ1) is 11.4. The van der Waals surface area contributed by atoms with Gasteiger partial charge in [-0.25, -0.2) is 0 Å². The van der Waals surface area contributed by atoms with Crippen LogP contribution in [0.4, 0.5) is 4.39 Å². The van der Waals surface area contributed by atoms with Crippen molar-refractivity contribution in [3.05, 3.63) is 0 Å². The molecule has 0 bridgehead atoms. The summed E-state index contributed by atoms with van der Waals surface area (Å²) < 4.78 is 11.8. The minimum atomic E-state index is -0.266. The van der Waals surface area contributed by atoms with Gasteiger partial charge in [-0.3, -0.25) is 4.39 Å². The Balaban J connectivity index is 3.60. The van der Waals surface area contributed by atoms with Gasteiger partial charge in [-0.2, -0.15) is 5.26 Å². The van der Waals surface area contributed by atoms with E-state index in [1.807, 2.05) is 13.8 Å². The Morgan fingerprint density at radius 1 is 1.58 bits per heavy atom. The highest BCUT2D eigenvalue weighted by Crippen LogP contribution is 1.99. The molecule has 1 atom stereocenters. The van der Waals surface area contributed by atoms with Crippen LogP contribution in [0, 0.1) is 17.2 Å². The van der Waals surface area contributed by atoms with E-state index in [9.17, 15) is 4.39 Å². The molecule has 0 aromatic heterocycles. The third-order valence-electron chi connectivity index (χ3n) is 1.81. The zero-order chi connectivity index (χ0) is 9.40. The number of halogens is 1. The molecule has 0 aromatic rings. The average molecular weight is 172 g/mol. The third kappa shape index (κ3) is 5.09. The Morgan fingerprint density at radius 2 is 2.25 bits per heavy atom. The molecule has 3 heteroatoms. The maximum atomic E-state index is 11.8. The standard InChI is InChI=1S/C9H17FN2/c1-3-12(6-4-5-10)8-9(2)7-11/h9H,3-6,8H2,1-2H3. The van der Waals surface area contributed by atoms with Gasteiger partial charge in [0.05, 0.1) is 18.7 Å². The van der Waals surface area contributed by atoms with Crippen LogP contribution in [0.3, 0.4) is 0 Å². The molecule has 0 aliphatic rings. The molecule has 0 N–H and O–H groups in total. The van der Waals surface area contributed by atoms with E-state index in [1.165, 1.54) is 0 Å². The van der Waals surface area contributed by atoms with E-state index in [2.05, 4.69) is 11.0 Å². The van der Waals surface area contributed by atoms with Gasteiger partial charge in [0.2, 0.25) is 0 Å². The summed E-state index contributed by atoms with van der Waals surface area (Å²) in [5, 5.41) is 8.55. The molecular weight excluding hydrogens is 155 g/mol. The smallest absolute Gasteiger partial charge is 0.0906 e. The lowest BCUT2D eigenvalue weighted by Crippen LogP contribution is -2.29. The fraction of sp³-hybridized carbons (Fsp3) is 0.889. The van der Waals surface area contributed by atoms with E-state index >= 15 is 0 Å². The second-order valence-corrected chi connectivity index (χ2v) is 2.97. The summed E-state index contributed by atoms with van der Waals surface area (Å²) in [6.07, 6.45) is 0.575. The first-order valence-electron chi connectivity index (χ1n) is 4.42. The van der Waals surface area contributed by atoms with Crippen LogP contribution in [0.5, 0.6) is 0 Å². The van der Waals surface area contributed by atoms with Crippen LogP contribution >= 0.6 is 0 Å². The Labute approximate surface area is 74.0 Å². The highest BCUT2D eigenvalue weighted by Gasteiger charge is 2.06. The lowest BCUT2D eigenvalue weighted by Gasteiger charge is -2.20. The Bertz CT molecular complexity index is 142. The molecule has 12 heavy (non-hydrogen) atoms. The predicted octanol–water partition coefficient (Wildman–Crippen LogP) is 1.83. The molecule has 0 amide bonds. The van der Waals surface area contributed by atoms with Crippen molar-refractivity contribution in [3.63, 3.8) is 0 Å². The van der Waals surface area contributed by atoms with Gasteiger partial charge in [0.15, 0.2) is 0 Å². The van der Waals surface area contributed by atoms with Gasteiger partial charge >= 0.3 is 0 Å². The minimum Gasteiger partial charge on any atom is -0.302 e. The maximum Gasteiger partial charge on any atom is 0.0906 e. The fourth-order valence-corrected chi connectivity index (χ4v) is 1.09. The molecular formula is C9H17FN2. The van der Waals surface area contributed by atoms with Crippen molar-refractivity contribution in [1.82, 2.24) is 4.90 Å². The maximum absolute atomic E-state index is 11.8. The molecule has 0 spiro atoms. The third-order valence-corrected chi connectivity index (χ3v) is 1.81. The van der Waals surface area contributed by atoms with E-state index in [-0.39, 0.29) is 12.6 Å². The first-order valence-corrected chi connectivity index (χ1v) is 4.42. The van der Waals surface area contributed by atoms with Crippen molar-refractivity contribution >= 4 is 0 Å². The van der Waals surface area contributed by atoms with E-state index in [1.54, 1.807) is 0 Å². The van der Waals surface area contributed by atoms with E-state index in [0.29, 0.717) is 6.42 Å². The monoisotopic (exact) mass is 172 g/mol. The zero-order valence-electron chi connectivity index (χ0n) is 7.89. The summed E-state index contributed by atoms with van der Waals surface area (Å²) in [6, 6.07) is 2.17. The molecule has 2 nitrogen and oxygen atoms in total. The van der Waals surface area contributed by atoms with Crippen LogP contribution in [0.15, 0.2) is 0 Å². The van der Waals surface area contributed by atoms with E-state index in [4.69, 9.17) is 5.26 Å². The van der Waals surface area contributed by atoms with Gasteiger partial charge in [-0.05, 0) is 19.9 Å². The number of nitriles is 1. The number of hydrogen-bond donors (Lipinski definition) is 0. The van der Waals surface area contributed by atoms with Crippen molar-refractivity contribution in [1.29, 1.82) is 5.26 Å². The summed E-state index contributed by atoms with van der Waals surface area (Å²) in [6.45, 7) is 6.07.